The van der Waals surface area contributed by atoms with Crippen LogP contribution >= 0.6 is 0 Å². The fourth-order valence-electron chi connectivity index (χ4n) is 4.01. The topological polar surface area (TPSA) is 29.5 Å². The summed E-state index contributed by atoms with van der Waals surface area (Å²) in [6.07, 6.45) is 0.612. The van der Waals surface area contributed by atoms with Gasteiger partial charge < -0.3 is 4.74 Å². The monoisotopic (exact) mass is 259 g/mol. The zero-order valence-corrected chi connectivity index (χ0v) is 12.3. The van der Waals surface area contributed by atoms with E-state index in [1.54, 1.807) is 4.90 Å². The maximum absolute atomic E-state index is 12.1. The molecule has 2 aliphatic rings. The van der Waals surface area contributed by atoms with Gasteiger partial charge in [-0.15, -0.1) is 0 Å². The highest BCUT2D eigenvalue weighted by Gasteiger charge is 2.64. The molecule has 1 aromatic carbocycles. The number of hydrogen-bond donors (Lipinski definition) is 0. The van der Waals surface area contributed by atoms with E-state index >= 15 is 0 Å². The van der Waals surface area contributed by atoms with Crippen molar-refractivity contribution in [2.45, 2.75) is 50.7 Å². The average Bonchev–Trinajstić information content (AvgIpc) is 2.50. The van der Waals surface area contributed by atoms with Crippen LogP contribution in [0.4, 0.5) is 4.79 Å². The Balaban J connectivity index is 2.32. The Morgan fingerprint density at radius 2 is 1.68 bits per heavy atom. The van der Waals surface area contributed by atoms with Gasteiger partial charge >= 0.3 is 6.09 Å². The molecule has 102 valence electrons. The smallest absolute Gasteiger partial charge is 0.411 e. The highest BCUT2D eigenvalue weighted by atomic mass is 16.6. The highest BCUT2D eigenvalue weighted by Crippen LogP contribution is 2.57. The van der Waals surface area contributed by atoms with Crippen LogP contribution in [0.5, 0.6) is 0 Å². The van der Waals surface area contributed by atoms with E-state index in [4.69, 9.17) is 4.74 Å². The third-order valence-corrected chi connectivity index (χ3v) is 5.25. The van der Waals surface area contributed by atoms with Crippen LogP contribution in [0.15, 0.2) is 24.3 Å². The Morgan fingerprint density at radius 1 is 1.11 bits per heavy atom. The lowest BCUT2D eigenvalue weighted by molar-refractivity contribution is -0.0262. The normalized spacial score (nSPS) is 35.6. The van der Waals surface area contributed by atoms with Crippen molar-refractivity contribution in [1.82, 2.24) is 4.90 Å². The molecule has 0 N–H and O–H groups in total. The number of likely N-dealkylation sites (N-methyl/N-ethyl adjacent to an activating group) is 1. The van der Waals surface area contributed by atoms with Crippen LogP contribution in [0.25, 0.3) is 0 Å². The van der Waals surface area contributed by atoms with Gasteiger partial charge in [0.2, 0.25) is 0 Å². The predicted octanol–water partition coefficient (Wildman–Crippen LogP) is 3.42. The summed E-state index contributed by atoms with van der Waals surface area (Å²) < 4.78 is 5.75. The highest BCUT2D eigenvalue weighted by molar-refractivity contribution is 5.74. The van der Waals surface area contributed by atoms with E-state index in [0.717, 1.165) is 6.42 Å². The molecule has 3 nitrogen and oxygen atoms in total. The van der Waals surface area contributed by atoms with Crippen molar-refractivity contribution in [1.29, 1.82) is 0 Å². The van der Waals surface area contributed by atoms with E-state index in [1.807, 2.05) is 13.1 Å². The first-order valence-corrected chi connectivity index (χ1v) is 6.79. The minimum Gasteiger partial charge on any atom is -0.440 e. The molecule has 0 spiro atoms. The maximum atomic E-state index is 12.1. The standard InChI is InChI=1S/C16H21NO2/c1-14(2)10-15(3)16(4,17(5)13(18)19-15)12-9-7-6-8-11(12)14/h6-9H,10H2,1-5H3/t15-,16-/m0/s1. The Morgan fingerprint density at radius 3 is 2.32 bits per heavy atom. The molecular formula is C16H21NO2. The molecule has 0 unspecified atom stereocenters. The average molecular weight is 259 g/mol. The number of nitrogens with zero attached hydrogens (tertiary/aromatic N) is 1. The second-order valence-electron chi connectivity index (χ2n) is 6.84. The van der Waals surface area contributed by atoms with Crippen molar-refractivity contribution >= 4 is 6.09 Å². The Kier molecular flexibility index (Phi) is 2.19. The van der Waals surface area contributed by atoms with Crippen LogP contribution in [0.2, 0.25) is 0 Å². The molecule has 1 amide bonds. The van der Waals surface area contributed by atoms with E-state index in [0.29, 0.717) is 0 Å². The van der Waals surface area contributed by atoms with Gasteiger partial charge in [0.1, 0.15) is 11.1 Å². The third-order valence-electron chi connectivity index (χ3n) is 5.25. The molecule has 0 radical (unpaired) electrons. The number of rotatable bonds is 0. The molecule has 1 aliphatic carbocycles. The summed E-state index contributed by atoms with van der Waals surface area (Å²) in [5, 5.41) is 0. The van der Waals surface area contributed by atoms with E-state index in [1.165, 1.54) is 11.1 Å². The van der Waals surface area contributed by atoms with Gasteiger partial charge in [0.15, 0.2) is 0 Å². The summed E-state index contributed by atoms with van der Waals surface area (Å²) in [6, 6.07) is 8.43. The zero-order valence-electron chi connectivity index (χ0n) is 12.3. The van der Waals surface area contributed by atoms with Crippen LogP contribution in [-0.2, 0) is 15.7 Å². The number of ether oxygens (including phenoxy) is 1. The molecule has 0 bridgehead atoms. The van der Waals surface area contributed by atoms with Crippen molar-refractivity contribution in [2.24, 2.45) is 0 Å². The van der Waals surface area contributed by atoms with E-state index in [9.17, 15) is 4.79 Å². The molecule has 0 aromatic heterocycles. The quantitative estimate of drug-likeness (QED) is 0.714. The minimum atomic E-state index is -0.476. The summed E-state index contributed by atoms with van der Waals surface area (Å²) in [5.74, 6) is 0. The number of benzene rings is 1. The van der Waals surface area contributed by atoms with Crippen LogP contribution in [0.3, 0.4) is 0 Å². The van der Waals surface area contributed by atoms with Gasteiger partial charge in [-0.2, -0.15) is 0 Å². The zero-order chi connectivity index (χ0) is 14.1. The molecule has 1 heterocycles. The first-order chi connectivity index (χ1) is 8.72. The minimum absolute atomic E-state index is 0.0102. The lowest BCUT2D eigenvalue weighted by atomic mass is 9.59. The Labute approximate surface area is 114 Å². The molecule has 1 saturated heterocycles. The van der Waals surface area contributed by atoms with Gasteiger partial charge in [0.05, 0.1) is 0 Å². The van der Waals surface area contributed by atoms with Gasteiger partial charge in [-0.05, 0) is 36.8 Å². The van der Waals surface area contributed by atoms with Crippen LogP contribution < -0.4 is 0 Å². The van der Waals surface area contributed by atoms with Crippen LogP contribution in [0.1, 0.15) is 45.2 Å². The molecular weight excluding hydrogens is 238 g/mol. The van der Waals surface area contributed by atoms with Crippen LogP contribution in [-0.4, -0.2) is 23.6 Å². The van der Waals surface area contributed by atoms with Gasteiger partial charge in [-0.1, -0.05) is 38.1 Å². The fraction of sp³-hybridized carbons (Fsp3) is 0.562. The SMILES string of the molecule is CN1C(=O)O[C@@]2(C)CC(C)(C)c3ccccc3[C@]12C. The second kappa shape index (κ2) is 3.33. The predicted molar refractivity (Wildman–Crippen MR) is 74.1 cm³/mol. The second-order valence-corrected chi connectivity index (χ2v) is 6.84. The van der Waals surface area contributed by atoms with Crippen molar-refractivity contribution in [3.63, 3.8) is 0 Å². The number of carbonyl (C=O) groups is 1. The first kappa shape index (κ1) is 12.5. The molecule has 1 aliphatic heterocycles. The Hall–Kier alpha value is -1.51. The maximum Gasteiger partial charge on any atom is 0.411 e. The van der Waals surface area contributed by atoms with Crippen molar-refractivity contribution < 1.29 is 9.53 Å². The molecule has 0 saturated carbocycles. The van der Waals surface area contributed by atoms with E-state index < -0.39 is 11.1 Å². The molecule has 3 heteroatoms. The van der Waals surface area contributed by atoms with Crippen molar-refractivity contribution in [3.8, 4) is 0 Å². The van der Waals surface area contributed by atoms with Gasteiger partial charge in [0, 0.05) is 7.05 Å². The summed E-state index contributed by atoms with van der Waals surface area (Å²) in [6.45, 7) is 8.63. The molecule has 1 aromatic rings. The summed E-state index contributed by atoms with van der Waals surface area (Å²) in [4.78, 5) is 13.8. The molecule has 3 rings (SSSR count). The third kappa shape index (κ3) is 1.31. The van der Waals surface area contributed by atoms with Crippen LogP contribution in [0, 0.1) is 0 Å². The van der Waals surface area contributed by atoms with E-state index in [-0.39, 0.29) is 11.5 Å². The number of amides is 1. The Bertz CT molecular complexity index is 566. The molecule has 1 fully saturated rings. The van der Waals surface area contributed by atoms with Gasteiger partial charge in [-0.25, -0.2) is 4.79 Å². The summed E-state index contributed by atoms with van der Waals surface area (Å²) in [5.41, 5.74) is 1.67. The van der Waals surface area contributed by atoms with Crippen molar-refractivity contribution in [2.75, 3.05) is 7.05 Å². The van der Waals surface area contributed by atoms with Gasteiger partial charge in [-0.3, -0.25) is 4.90 Å². The largest absolute Gasteiger partial charge is 0.440 e. The summed E-state index contributed by atoms with van der Waals surface area (Å²) >= 11 is 0. The summed E-state index contributed by atoms with van der Waals surface area (Å²) in [7, 11) is 1.84. The number of fused-ring (bicyclic) bond motifs is 3. The van der Waals surface area contributed by atoms with E-state index in [2.05, 4.69) is 45.9 Å². The lowest BCUT2D eigenvalue weighted by Crippen LogP contribution is -2.57. The van der Waals surface area contributed by atoms with Crippen molar-refractivity contribution in [3.05, 3.63) is 35.4 Å². The fourth-order valence-corrected chi connectivity index (χ4v) is 4.01. The number of hydrogen-bond acceptors (Lipinski definition) is 2. The first-order valence-electron chi connectivity index (χ1n) is 6.79. The lowest BCUT2D eigenvalue weighted by Gasteiger charge is -2.51. The number of carbonyl (C=O) groups excluding carboxylic acids is 1. The molecule has 19 heavy (non-hydrogen) atoms. The molecule has 2 atom stereocenters. The van der Waals surface area contributed by atoms with Gasteiger partial charge in [0.25, 0.3) is 0 Å².